The van der Waals surface area contributed by atoms with E-state index in [2.05, 4.69) is 30.1 Å². The molecule has 10 atom stereocenters. The summed E-state index contributed by atoms with van der Waals surface area (Å²) >= 11 is 0. The fourth-order valence-electron chi connectivity index (χ4n) is 6.68. The van der Waals surface area contributed by atoms with Gasteiger partial charge in [-0.2, -0.15) is 0 Å². The number of esters is 2. The molecule has 8 nitrogen and oxygen atoms in total. The second kappa shape index (κ2) is 12.0. The third kappa shape index (κ3) is 5.65. The molecule has 2 N–H and O–H groups in total. The molecule has 1 fully saturated rings. The van der Waals surface area contributed by atoms with Gasteiger partial charge in [0.2, 0.25) is 0 Å². The molecule has 2 bridgehead atoms. The van der Waals surface area contributed by atoms with Gasteiger partial charge in [0.15, 0.2) is 6.10 Å². The van der Waals surface area contributed by atoms with E-state index in [-0.39, 0.29) is 23.7 Å². The molecule has 8 heteroatoms. The average Bonchev–Trinajstić information content (AvgIpc) is 3.61. The SMILES string of the molecule is CO[C@H]1C[C@H]2C=C[C@@H]3C[C@]2(O[C@H]3[C@H](OC(=O)c2ccc[nH]2)[C@H](C)[C@H](C)O)/C(C)=C/[C@H](C)[C@@H](c2ccccc2)OC1=O. The van der Waals surface area contributed by atoms with Crippen LogP contribution in [0.2, 0.25) is 0 Å². The van der Waals surface area contributed by atoms with Crippen LogP contribution < -0.4 is 0 Å². The number of carbonyl (C=O) groups excluding carboxylic acids is 2. The Labute approximate surface area is 241 Å². The Kier molecular flexibility index (Phi) is 8.55. The van der Waals surface area contributed by atoms with Crippen molar-refractivity contribution in [2.24, 2.45) is 23.7 Å². The van der Waals surface area contributed by atoms with Crippen LogP contribution in [0.3, 0.4) is 0 Å². The highest BCUT2D eigenvalue weighted by molar-refractivity contribution is 5.87. The van der Waals surface area contributed by atoms with Gasteiger partial charge in [0.25, 0.3) is 0 Å². The fourth-order valence-corrected chi connectivity index (χ4v) is 6.68. The Morgan fingerprint density at radius 2 is 1.90 bits per heavy atom. The van der Waals surface area contributed by atoms with Crippen LogP contribution in [0, 0.1) is 23.7 Å². The molecule has 0 unspecified atom stereocenters. The maximum Gasteiger partial charge on any atom is 0.355 e. The van der Waals surface area contributed by atoms with Gasteiger partial charge in [-0.3, -0.25) is 0 Å². The third-order valence-electron chi connectivity index (χ3n) is 9.21. The van der Waals surface area contributed by atoms with Crippen molar-refractivity contribution in [3.8, 4) is 0 Å². The zero-order valence-electron chi connectivity index (χ0n) is 24.4. The Morgan fingerprint density at radius 1 is 1.15 bits per heavy atom. The summed E-state index contributed by atoms with van der Waals surface area (Å²) < 4.78 is 24.9. The Balaban J connectivity index is 1.53. The minimum Gasteiger partial charge on any atom is -0.455 e. The maximum atomic E-state index is 13.4. The molecule has 0 radical (unpaired) electrons. The molecule has 1 aliphatic carbocycles. The summed E-state index contributed by atoms with van der Waals surface area (Å²) in [4.78, 5) is 29.4. The number of hydrogen-bond donors (Lipinski definition) is 2. The van der Waals surface area contributed by atoms with Gasteiger partial charge in [0.05, 0.1) is 11.7 Å². The number of rotatable bonds is 7. The highest BCUT2D eigenvalue weighted by Crippen LogP contribution is 2.53. The van der Waals surface area contributed by atoms with Gasteiger partial charge in [-0.1, -0.05) is 62.4 Å². The molecular formula is C33H41NO7. The van der Waals surface area contributed by atoms with Crippen molar-refractivity contribution in [2.45, 2.75) is 76.7 Å². The van der Waals surface area contributed by atoms with E-state index in [9.17, 15) is 14.7 Å². The van der Waals surface area contributed by atoms with Gasteiger partial charge in [0.1, 0.15) is 24.0 Å². The number of aromatic nitrogens is 1. The summed E-state index contributed by atoms with van der Waals surface area (Å²) in [6, 6.07) is 13.2. The zero-order chi connectivity index (χ0) is 29.3. The molecular weight excluding hydrogens is 522 g/mol. The second-order valence-corrected chi connectivity index (χ2v) is 11.8. The van der Waals surface area contributed by atoms with E-state index < -0.39 is 48.1 Å². The zero-order valence-corrected chi connectivity index (χ0v) is 24.4. The van der Waals surface area contributed by atoms with Gasteiger partial charge in [-0.25, -0.2) is 9.59 Å². The van der Waals surface area contributed by atoms with Crippen molar-refractivity contribution < 1.29 is 33.6 Å². The quantitative estimate of drug-likeness (QED) is 0.353. The summed E-state index contributed by atoms with van der Waals surface area (Å²) in [5, 5.41) is 10.6. The predicted molar refractivity (Wildman–Crippen MR) is 153 cm³/mol. The second-order valence-electron chi connectivity index (χ2n) is 11.8. The van der Waals surface area contributed by atoms with Crippen LogP contribution in [0.4, 0.5) is 0 Å². The van der Waals surface area contributed by atoms with Crippen molar-refractivity contribution in [1.82, 2.24) is 4.98 Å². The molecule has 0 saturated carbocycles. The summed E-state index contributed by atoms with van der Waals surface area (Å²) in [6.07, 6.45) is 5.93. The van der Waals surface area contributed by atoms with Crippen LogP contribution in [0.25, 0.3) is 0 Å². The highest BCUT2D eigenvalue weighted by atomic mass is 16.6. The Morgan fingerprint density at radius 3 is 2.56 bits per heavy atom. The van der Waals surface area contributed by atoms with Gasteiger partial charge in [-0.05, 0) is 50.0 Å². The number of ether oxygens (including phenoxy) is 4. The van der Waals surface area contributed by atoms with Gasteiger partial charge in [-0.15, -0.1) is 0 Å². The van der Waals surface area contributed by atoms with Crippen LogP contribution in [-0.2, 0) is 23.7 Å². The lowest BCUT2D eigenvalue weighted by atomic mass is 9.69. The van der Waals surface area contributed by atoms with Gasteiger partial charge in [0, 0.05) is 37.0 Å². The largest absolute Gasteiger partial charge is 0.455 e. The third-order valence-corrected chi connectivity index (χ3v) is 9.21. The lowest BCUT2D eigenvalue weighted by Crippen LogP contribution is -2.46. The first-order valence-corrected chi connectivity index (χ1v) is 14.5. The van der Waals surface area contributed by atoms with Crippen molar-refractivity contribution >= 4 is 11.9 Å². The first kappa shape index (κ1) is 29.3. The molecule has 5 rings (SSSR count). The van der Waals surface area contributed by atoms with Crippen LogP contribution in [0.1, 0.15) is 62.7 Å². The number of carbonyl (C=O) groups is 2. The lowest BCUT2D eigenvalue weighted by molar-refractivity contribution is -0.167. The van der Waals surface area contributed by atoms with Gasteiger partial charge < -0.3 is 29.0 Å². The predicted octanol–water partition coefficient (Wildman–Crippen LogP) is 5.17. The first-order valence-electron chi connectivity index (χ1n) is 14.5. The number of fused-ring (bicyclic) bond motifs is 1. The number of aromatic amines is 1. The molecule has 2 aromatic rings. The van der Waals surface area contributed by atoms with E-state index in [0.717, 1.165) is 11.1 Å². The monoisotopic (exact) mass is 563 g/mol. The number of H-pyrrole nitrogens is 1. The summed E-state index contributed by atoms with van der Waals surface area (Å²) in [6.45, 7) is 7.70. The molecule has 1 saturated heterocycles. The smallest absolute Gasteiger partial charge is 0.355 e. The lowest BCUT2D eigenvalue weighted by Gasteiger charge is -2.41. The van der Waals surface area contributed by atoms with Gasteiger partial charge >= 0.3 is 11.9 Å². The van der Waals surface area contributed by atoms with Crippen molar-refractivity contribution in [3.63, 3.8) is 0 Å². The van der Waals surface area contributed by atoms with Crippen LogP contribution in [0.15, 0.2) is 72.5 Å². The minimum atomic E-state index is -0.775. The standard InChI is InChI=1S/C33H41NO7/c1-19-16-20(2)33-18-24(30(41-33)29(21(3)22(4)35)40-31(36)26-12-9-15-34-26)13-14-25(33)17-27(38-5)32(37)39-28(19)23-10-7-6-8-11-23/h6-16,19,21-22,24-25,27-30,34-35H,17-18H2,1-5H3/b20-16+/t19-,21+,22-,24+,25+,27-,28-,29+,30+,33-/m0/s1. The maximum absolute atomic E-state index is 13.4. The van der Waals surface area contributed by atoms with Crippen molar-refractivity contribution in [3.05, 3.63) is 83.7 Å². The molecule has 41 heavy (non-hydrogen) atoms. The average molecular weight is 564 g/mol. The molecule has 0 amide bonds. The van der Waals surface area contributed by atoms with E-state index in [1.165, 1.54) is 7.11 Å². The first-order chi connectivity index (χ1) is 19.6. The molecule has 2 aliphatic heterocycles. The van der Waals surface area contributed by atoms with Crippen LogP contribution in [-0.4, -0.2) is 59.2 Å². The van der Waals surface area contributed by atoms with E-state index in [4.69, 9.17) is 18.9 Å². The summed E-state index contributed by atoms with van der Waals surface area (Å²) in [5.41, 5.74) is 1.57. The molecule has 1 aromatic carbocycles. The topological polar surface area (TPSA) is 107 Å². The minimum absolute atomic E-state index is 0.0478. The molecule has 1 aromatic heterocycles. The molecule has 3 aliphatic rings. The number of nitrogens with one attached hydrogen (secondary N) is 1. The van der Waals surface area contributed by atoms with E-state index in [1.54, 1.807) is 25.3 Å². The number of cyclic esters (lactones) is 1. The summed E-state index contributed by atoms with van der Waals surface area (Å²) in [5.74, 6) is -1.63. The van der Waals surface area contributed by atoms with E-state index >= 15 is 0 Å². The number of aliphatic hydroxyl groups excluding tert-OH is 1. The van der Waals surface area contributed by atoms with Crippen molar-refractivity contribution in [1.29, 1.82) is 0 Å². The van der Waals surface area contributed by atoms with E-state index in [1.807, 2.05) is 44.2 Å². The number of methoxy groups -OCH3 is 1. The number of benzene rings is 1. The Bertz CT molecular complexity index is 1270. The number of hydrogen-bond acceptors (Lipinski definition) is 7. The Hall–Kier alpha value is -3.20. The highest BCUT2D eigenvalue weighted by Gasteiger charge is 2.57. The van der Waals surface area contributed by atoms with Crippen molar-refractivity contribution in [2.75, 3.05) is 7.11 Å². The van der Waals surface area contributed by atoms with Crippen LogP contribution >= 0.6 is 0 Å². The normalized spacial score (nSPS) is 34.9. The summed E-state index contributed by atoms with van der Waals surface area (Å²) in [7, 11) is 1.53. The van der Waals surface area contributed by atoms with E-state index in [0.29, 0.717) is 18.5 Å². The molecule has 1 spiro atoms. The molecule has 220 valence electrons. The van der Waals surface area contributed by atoms with Crippen LogP contribution in [0.5, 0.6) is 0 Å². The molecule has 3 heterocycles. The number of aliphatic hydroxyl groups is 1. The fraction of sp³-hybridized carbons (Fsp3) is 0.515.